The molecule has 0 saturated heterocycles. The van der Waals surface area contributed by atoms with E-state index in [0.29, 0.717) is 5.69 Å². The van der Waals surface area contributed by atoms with E-state index in [0.717, 1.165) is 9.87 Å². The molecule has 118 valence electrons. The molecule has 2 N–H and O–H groups in total. The molecule has 0 heterocycles. The molecule has 2 aromatic carbocycles. The fourth-order valence-electron chi connectivity index (χ4n) is 1.81. The maximum absolute atomic E-state index is 11.5. The zero-order valence-corrected chi connectivity index (χ0v) is 13.1. The van der Waals surface area contributed by atoms with Crippen molar-refractivity contribution < 1.29 is 21.7 Å². The number of nitrogens with zero attached hydrogens (tertiary/aromatic N) is 1. The van der Waals surface area contributed by atoms with Gasteiger partial charge in [0.15, 0.2) is 5.75 Å². The molecule has 2 aromatic rings. The number of anilines is 3. The number of hydrogen-bond acceptors (Lipinski definition) is 6. The molecule has 0 aliphatic carbocycles. The second kappa shape index (κ2) is 6.88. The molecule has 0 fully saturated rings. The summed E-state index contributed by atoms with van der Waals surface area (Å²) < 4.78 is 49.6. The number of aryl methyl sites for hydroxylation is 1. The van der Waals surface area contributed by atoms with Crippen LogP contribution < -0.4 is 14.2 Å². The average Bonchev–Trinajstić information content (AvgIpc) is 2.43. The second-order valence-corrected chi connectivity index (χ2v) is 5.73. The van der Waals surface area contributed by atoms with Crippen LogP contribution in [-0.2, 0) is 22.6 Å². The fraction of sp³-hybridized carbons (Fsp3) is 0.0769. The normalized spacial score (nSPS) is 13.4. The van der Waals surface area contributed by atoms with Gasteiger partial charge in [-0.2, -0.15) is 0 Å². The highest BCUT2D eigenvalue weighted by atomic mass is 32.2. The number of nitrogens with two attached hydrogens (primary N) is 1. The molecule has 0 aliphatic rings. The zero-order chi connectivity index (χ0) is 16.3. The molecule has 0 aliphatic heterocycles. The fourth-order valence-corrected chi connectivity index (χ4v) is 2.69. The van der Waals surface area contributed by atoms with Crippen LogP contribution in [0.15, 0.2) is 42.5 Å². The highest BCUT2D eigenvalue weighted by molar-refractivity contribution is 7.81. The van der Waals surface area contributed by atoms with Gasteiger partial charge in [0.1, 0.15) is 11.4 Å². The minimum atomic E-state index is -2.76. The van der Waals surface area contributed by atoms with E-state index in [-0.39, 0.29) is 17.1 Å². The molecule has 0 amide bonds. The summed E-state index contributed by atoms with van der Waals surface area (Å²) >= 11 is -5.33. The Morgan fingerprint density at radius 1 is 1.05 bits per heavy atom. The molecule has 7 nitrogen and oxygen atoms in total. The van der Waals surface area contributed by atoms with Gasteiger partial charge in [0.25, 0.3) is 0 Å². The summed E-state index contributed by atoms with van der Waals surface area (Å²) in [5, 5.41) is 0. The van der Waals surface area contributed by atoms with Crippen LogP contribution in [0, 0.1) is 6.92 Å². The summed E-state index contributed by atoms with van der Waals surface area (Å²) in [5.41, 5.74) is 7.37. The van der Waals surface area contributed by atoms with E-state index in [4.69, 9.17) is 5.73 Å². The van der Waals surface area contributed by atoms with Crippen LogP contribution in [0.3, 0.4) is 0 Å². The Kier molecular flexibility index (Phi) is 5.14. The lowest BCUT2D eigenvalue weighted by Gasteiger charge is -2.27. The van der Waals surface area contributed by atoms with Gasteiger partial charge in [-0.05, 0) is 37.3 Å². The van der Waals surface area contributed by atoms with Crippen LogP contribution in [0.25, 0.3) is 0 Å². The van der Waals surface area contributed by atoms with Gasteiger partial charge in [-0.25, -0.2) is 4.21 Å². The lowest BCUT2D eigenvalue weighted by Crippen LogP contribution is -2.19. The molecule has 0 bridgehead atoms. The summed E-state index contributed by atoms with van der Waals surface area (Å²) in [6.07, 6.45) is 0. The third-order valence-corrected chi connectivity index (χ3v) is 3.84. The van der Waals surface area contributed by atoms with Crippen LogP contribution in [-0.4, -0.2) is 17.5 Å². The van der Waals surface area contributed by atoms with Crippen molar-refractivity contribution in [1.82, 2.24) is 0 Å². The molecular weight excluding hydrogens is 328 g/mol. The maximum Gasteiger partial charge on any atom is 0.162 e. The minimum Gasteiger partial charge on any atom is -0.755 e. The minimum absolute atomic E-state index is 0.00395. The highest BCUT2D eigenvalue weighted by Crippen LogP contribution is 2.32. The quantitative estimate of drug-likeness (QED) is 0.653. The van der Waals surface area contributed by atoms with Gasteiger partial charge < -0.3 is 19.0 Å². The van der Waals surface area contributed by atoms with Crippen LogP contribution in [0.2, 0.25) is 0 Å². The zero-order valence-electron chi connectivity index (χ0n) is 11.4. The number of benzene rings is 2. The summed E-state index contributed by atoms with van der Waals surface area (Å²) in [7, 11) is 0. The van der Waals surface area contributed by atoms with Crippen molar-refractivity contribution in [2.75, 3.05) is 10.0 Å². The van der Waals surface area contributed by atoms with Crippen molar-refractivity contribution in [2.45, 2.75) is 6.92 Å². The molecule has 2 rings (SSSR count). The Labute approximate surface area is 132 Å². The Morgan fingerprint density at radius 3 is 2.14 bits per heavy atom. The Morgan fingerprint density at radius 2 is 1.64 bits per heavy atom. The standard InChI is InChI=1S/C13H14N2O5S2/c1-9-2-4-10(5-3-9)15(21(16)17)11-6-7-13(12(14)8-11)20-22(18)19/h2-8H,14H2,1H3,(H,16,17)(H,18,19)/p-2. The van der Waals surface area contributed by atoms with Crippen molar-refractivity contribution in [1.29, 1.82) is 0 Å². The summed E-state index contributed by atoms with van der Waals surface area (Å²) in [6, 6.07) is 10.9. The number of rotatable bonds is 5. The number of nitrogen functional groups attached to an aromatic ring is 1. The van der Waals surface area contributed by atoms with Gasteiger partial charge in [0.05, 0.1) is 28.3 Å². The molecule has 0 spiro atoms. The van der Waals surface area contributed by atoms with Crippen LogP contribution in [0.1, 0.15) is 5.56 Å². The Bertz CT molecular complexity index is 721. The molecule has 22 heavy (non-hydrogen) atoms. The smallest absolute Gasteiger partial charge is 0.162 e. The summed E-state index contributed by atoms with van der Waals surface area (Å²) in [6.45, 7) is 1.88. The van der Waals surface area contributed by atoms with E-state index in [2.05, 4.69) is 4.18 Å². The lowest BCUT2D eigenvalue weighted by atomic mass is 10.2. The van der Waals surface area contributed by atoms with Crippen molar-refractivity contribution >= 4 is 39.7 Å². The van der Waals surface area contributed by atoms with Gasteiger partial charge in [-0.1, -0.05) is 17.7 Å². The van der Waals surface area contributed by atoms with Crippen LogP contribution in [0.4, 0.5) is 17.1 Å². The monoisotopic (exact) mass is 340 g/mol. The van der Waals surface area contributed by atoms with Gasteiger partial charge in [-0.3, -0.25) is 8.51 Å². The molecular formula is C13H12N2O5S2-2. The van der Waals surface area contributed by atoms with E-state index in [1.54, 1.807) is 24.3 Å². The molecule has 0 saturated carbocycles. The SMILES string of the molecule is Cc1ccc(N(c2ccc(OS(=O)[O-])c(N)c2)S(=O)[O-])cc1. The largest absolute Gasteiger partial charge is 0.755 e. The second-order valence-electron chi connectivity index (χ2n) is 4.36. The summed E-state index contributed by atoms with van der Waals surface area (Å²) in [5.74, 6) is -0.0716. The van der Waals surface area contributed by atoms with Gasteiger partial charge in [0.2, 0.25) is 0 Å². The topological polar surface area (TPSA) is 119 Å². The van der Waals surface area contributed by atoms with Gasteiger partial charge in [-0.15, -0.1) is 0 Å². The highest BCUT2D eigenvalue weighted by Gasteiger charge is 2.12. The maximum atomic E-state index is 11.5. The third-order valence-electron chi connectivity index (χ3n) is 2.80. The van der Waals surface area contributed by atoms with E-state index in [1.807, 2.05) is 6.92 Å². The van der Waals surface area contributed by atoms with E-state index < -0.39 is 22.6 Å². The third kappa shape index (κ3) is 3.83. The first-order chi connectivity index (χ1) is 10.4. The van der Waals surface area contributed by atoms with Crippen molar-refractivity contribution in [3.05, 3.63) is 48.0 Å². The summed E-state index contributed by atoms with van der Waals surface area (Å²) in [4.78, 5) is 0. The Hall–Kier alpha value is -1.94. The average molecular weight is 340 g/mol. The molecule has 0 aromatic heterocycles. The molecule has 9 heteroatoms. The van der Waals surface area contributed by atoms with Crippen molar-refractivity contribution in [3.8, 4) is 5.75 Å². The van der Waals surface area contributed by atoms with Gasteiger partial charge >= 0.3 is 0 Å². The predicted octanol–water partition coefficient (Wildman–Crippen LogP) is 1.68. The first-order valence-corrected chi connectivity index (χ1v) is 8.05. The molecule has 2 atom stereocenters. The van der Waals surface area contributed by atoms with Crippen molar-refractivity contribution in [3.63, 3.8) is 0 Å². The van der Waals surface area contributed by atoms with Gasteiger partial charge in [0, 0.05) is 0 Å². The molecule has 0 radical (unpaired) electrons. The first kappa shape index (κ1) is 16.4. The predicted molar refractivity (Wildman–Crippen MR) is 82.6 cm³/mol. The van der Waals surface area contributed by atoms with Crippen LogP contribution in [0.5, 0.6) is 5.75 Å². The Balaban J connectivity index is 2.41. The van der Waals surface area contributed by atoms with Crippen molar-refractivity contribution in [2.24, 2.45) is 0 Å². The number of hydrogen-bond donors (Lipinski definition) is 1. The van der Waals surface area contributed by atoms with E-state index in [1.165, 1.54) is 18.2 Å². The van der Waals surface area contributed by atoms with Crippen LogP contribution >= 0.6 is 0 Å². The van der Waals surface area contributed by atoms with E-state index in [9.17, 15) is 17.5 Å². The van der Waals surface area contributed by atoms with E-state index >= 15 is 0 Å². The lowest BCUT2D eigenvalue weighted by molar-refractivity contribution is 0.441. The first-order valence-electron chi connectivity index (χ1n) is 6.02. The molecule has 2 unspecified atom stereocenters.